The number of amidine groups is 2. The van der Waals surface area contributed by atoms with Gasteiger partial charge in [0.05, 0.1) is 0 Å². The summed E-state index contributed by atoms with van der Waals surface area (Å²) < 4.78 is 31.1. The number of carbonyl (C=O) groups excluding carboxylic acids is 4. The van der Waals surface area contributed by atoms with Crippen LogP contribution in [0.5, 0.6) is 23.0 Å². The van der Waals surface area contributed by atoms with Crippen LogP contribution in [0.3, 0.4) is 0 Å². The summed E-state index contributed by atoms with van der Waals surface area (Å²) >= 11 is 0. The average molecular weight is 699 g/mol. The summed E-state index contributed by atoms with van der Waals surface area (Å²) in [6, 6.07) is 12.5. The van der Waals surface area contributed by atoms with Gasteiger partial charge in [0.2, 0.25) is 12.6 Å². The predicted octanol–water partition coefficient (Wildman–Crippen LogP) is 7.36. The lowest BCUT2D eigenvalue weighted by Crippen LogP contribution is -2.19. The summed E-state index contributed by atoms with van der Waals surface area (Å²) in [5.41, 5.74) is 11.8. The zero-order valence-corrected chi connectivity index (χ0v) is 29.4. The van der Waals surface area contributed by atoms with Crippen molar-refractivity contribution < 1.29 is 47.6 Å². The van der Waals surface area contributed by atoms with Gasteiger partial charge in [-0.05, 0) is 61.4 Å². The highest BCUT2D eigenvalue weighted by Gasteiger charge is 2.10. The summed E-state index contributed by atoms with van der Waals surface area (Å²) in [5, 5.41) is 0. The first-order chi connectivity index (χ1) is 23.9. The molecule has 0 fully saturated rings. The number of aliphatic imine (C=N–C) groups is 2. The van der Waals surface area contributed by atoms with Crippen LogP contribution in [0.15, 0.2) is 58.5 Å². The molecule has 50 heavy (non-hydrogen) atoms. The van der Waals surface area contributed by atoms with Crippen LogP contribution in [-0.4, -0.2) is 48.4 Å². The molecule has 14 nitrogen and oxygen atoms in total. The maximum atomic E-state index is 12.1. The number of esters is 2. The van der Waals surface area contributed by atoms with Crippen LogP contribution in [0.2, 0.25) is 0 Å². The molecule has 274 valence electrons. The van der Waals surface area contributed by atoms with Gasteiger partial charge in [0.1, 0.15) is 34.7 Å². The van der Waals surface area contributed by atoms with E-state index >= 15 is 0 Å². The molecule has 0 saturated heterocycles. The molecule has 2 aromatic carbocycles. The van der Waals surface area contributed by atoms with E-state index in [-0.39, 0.29) is 23.2 Å². The monoisotopic (exact) mass is 698 g/mol. The summed E-state index contributed by atoms with van der Waals surface area (Å²) in [5.74, 6) is 1.06. The number of rotatable bonds is 21. The van der Waals surface area contributed by atoms with Gasteiger partial charge in [0.25, 0.3) is 0 Å². The largest absolute Gasteiger partial charge is 0.455 e. The predicted molar refractivity (Wildman–Crippen MR) is 187 cm³/mol. The second-order valence-corrected chi connectivity index (χ2v) is 11.5. The molecular weight excluding hydrogens is 648 g/mol. The number of hydrogen-bond acceptors (Lipinski definition) is 10. The van der Waals surface area contributed by atoms with E-state index in [4.69, 9.17) is 39.9 Å². The highest BCUT2D eigenvalue weighted by Crippen LogP contribution is 2.21. The lowest BCUT2D eigenvalue weighted by Gasteiger charge is -2.14. The smallest absolute Gasteiger partial charge is 0.440 e. The summed E-state index contributed by atoms with van der Waals surface area (Å²) in [4.78, 5) is 53.7. The number of amides is 2. The maximum absolute atomic E-state index is 12.1. The van der Waals surface area contributed by atoms with E-state index in [0.717, 1.165) is 64.2 Å². The molecule has 0 aliphatic carbocycles. The van der Waals surface area contributed by atoms with Crippen LogP contribution in [0.25, 0.3) is 0 Å². The lowest BCUT2D eigenvalue weighted by molar-refractivity contribution is -0.159. The quantitative estimate of drug-likeness (QED) is 0.0432. The molecular formula is C36H50N4O10. The molecule has 14 heteroatoms. The first-order valence-electron chi connectivity index (χ1n) is 16.9. The van der Waals surface area contributed by atoms with Gasteiger partial charge in [0.15, 0.2) is 0 Å². The Bertz CT molecular complexity index is 1300. The Morgan fingerprint density at radius 3 is 1.10 bits per heavy atom. The van der Waals surface area contributed by atoms with Gasteiger partial charge in [-0.2, -0.15) is 9.98 Å². The fourth-order valence-electron chi connectivity index (χ4n) is 4.69. The SMILES string of the molecule is CC(=O)OC(C)Oc1ccc(OC(=O)/N=C(\N)CCCCCCCCCCCC/C(N)=N\C(=O)Oc2ccc(OC(C)OC(C)=O)cc2)cc1. The number of carbonyl (C=O) groups is 4. The summed E-state index contributed by atoms with van der Waals surface area (Å²) in [7, 11) is 0. The Morgan fingerprint density at radius 2 is 0.800 bits per heavy atom. The number of benzene rings is 2. The van der Waals surface area contributed by atoms with Crippen molar-refractivity contribution in [3.05, 3.63) is 48.5 Å². The number of nitrogens with zero attached hydrogens (tertiary/aromatic N) is 2. The van der Waals surface area contributed by atoms with Crippen molar-refractivity contribution in [1.29, 1.82) is 0 Å². The zero-order chi connectivity index (χ0) is 36.7. The fourth-order valence-corrected chi connectivity index (χ4v) is 4.69. The van der Waals surface area contributed by atoms with E-state index in [1.165, 1.54) is 13.8 Å². The maximum Gasteiger partial charge on any atom is 0.440 e. The van der Waals surface area contributed by atoms with Gasteiger partial charge < -0.3 is 39.9 Å². The highest BCUT2D eigenvalue weighted by molar-refractivity contribution is 5.91. The van der Waals surface area contributed by atoms with Crippen molar-refractivity contribution in [3.8, 4) is 23.0 Å². The molecule has 0 radical (unpaired) electrons. The second kappa shape index (κ2) is 23.3. The van der Waals surface area contributed by atoms with E-state index in [2.05, 4.69) is 9.98 Å². The molecule has 0 spiro atoms. The van der Waals surface area contributed by atoms with E-state index in [1.807, 2.05) is 0 Å². The Balaban J connectivity index is 1.47. The topological polar surface area (TPSA) is 200 Å². The minimum atomic E-state index is -0.790. The van der Waals surface area contributed by atoms with Gasteiger partial charge >= 0.3 is 24.1 Å². The molecule has 0 saturated carbocycles. The van der Waals surface area contributed by atoms with Crippen LogP contribution >= 0.6 is 0 Å². The molecule has 0 heterocycles. The number of hydrogen-bond donors (Lipinski definition) is 2. The van der Waals surface area contributed by atoms with Crippen LogP contribution in [-0.2, 0) is 19.1 Å². The summed E-state index contributed by atoms with van der Waals surface area (Å²) in [6.07, 6.45) is 8.36. The van der Waals surface area contributed by atoms with Crippen molar-refractivity contribution in [3.63, 3.8) is 0 Å². The normalized spacial score (nSPS) is 12.7. The van der Waals surface area contributed by atoms with Crippen molar-refractivity contribution in [2.45, 2.75) is 117 Å². The third-order valence-corrected chi connectivity index (χ3v) is 6.91. The van der Waals surface area contributed by atoms with Crippen LogP contribution < -0.4 is 30.4 Å². The third-order valence-electron chi connectivity index (χ3n) is 6.91. The first kappa shape index (κ1) is 41.0. The van der Waals surface area contributed by atoms with Crippen LogP contribution in [0, 0.1) is 0 Å². The first-order valence-corrected chi connectivity index (χ1v) is 16.9. The summed E-state index contributed by atoms with van der Waals surface area (Å²) in [6.45, 7) is 5.78. The molecule has 0 aliphatic rings. The standard InChI is InChI=1S/C36H50N4O10/c1-25(41)45-27(3)47-29-17-21-31(22-18-29)49-35(43)39-33(37)15-13-11-9-7-5-6-8-10-12-14-16-34(38)40-36(44)50-32-23-19-30(20-24-32)48-28(4)46-26(2)42/h17-24,27-28H,5-16H2,1-4H3,(H2,37,39,43)(H2,38,40,44). The van der Waals surface area contributed by atoms with Gasteiger partial charge in [-0.1, -0.05) is 51.4 Å². The van der Waals surface area contributed by atoms with Crippen molar-refractivity contribution >= 4 is 35.8 Å². The van der Waals surface area contributed by atoms with E-state index in [0.29, 0.717) is 24.3 Å². The van der Waals surface area contributed by atoms with Gasteiger partial charge in [-0.15, -0.1) is 0 Å². The Kier molecular flexibility index (Phi) is 19.1. The minimum Gasteiger partial charge on any atom is -0.455 e. The molecule has 2 atom stereocenters. The second-order valence-electron chi connectivity index (χ2n) is 11.5. The van der Waals surface area contributed by atoms with Crippen LogP contribution in [0.1, 0.15) is 105 Å². The van der Waals surface area contributed by atoms with Crippen molar-refractivity contribution in [2.75, 3.05) is 0 Å². The molecule has 4 N–H and O–H groups in total. The molecule has 0 bridgehead atoms. The minimum absolute atomic E-state index is 0.234. The highest BCUT2D eigenvalue weighted by atomic mass is 16.7. The molecule has 2 amide bonds. The zero-order valence-electron chi connectivity index (χ0n) is 29.4. The molecule has 2 unspecified atom stereocenters. The molecule has 0 aromatic heterocycles. The third kappa shape index (κ3) is 19.6. The average Bonchev–Trinajstić information content (AvgIpc) is 3.02. The van der Waals surface area contributed by atoms with Crippen LogP contribution in [0.4, 0.5) is 9.59 Å². The number of nitrogens with two attached hydrogens (primary N) is 2. The molecule has 0 aliphatic heterocycles. The van der Waals surface area contributed by atoms with E-state index in [9.17, 15) is 19.2 Å². The number of ether oxygens (including phenoxy) is 6. The van der Waals surface area contributed by atoms with E-state index < -0.39 is 36.7 Å². The van der Waals surface area contributed by atoms with Crippen molar-refractivity contribution in [1.82, 2.24) is 0 Å². The lowest BCUT2D eigenvalue weighted by atomic mass is 10.0. The van der Waals surface area contributed by atoms with Gasteiger partial charge in [-0.25, -0.2) is 9.59 Å². The Hall–Kier alpha value is -5.14. The Morgan fingerprint density at radius 1 is 0.520 bits per heavy atom. The molecule has 2 rings (SSSR count). The molecule has 2 aromatic rings. The fraction of sp³-hybridized carbons (Fsp3) is 0.500. The van der Waals surface area contributed by atoms with E-state index in [1.54, 1.807) is 62.4 Å². The Labute approximate surface area is 293 Å². The van der Waals surface area contributed by atoms with Gasteiger partial charge in [-0.3, -0.25) is 9.59 Å². The van der Waals surface area contributed by atoms with Crippen molar-refractivity contribution in [2.24, 2.45) is 21.5 Å². The van der Waals surface area contributed by atoms with Gasteiger partial charge in [0, 0.05) is 40.5 Å². The number of unbranched alkanes of at least 4 members (excludes halogenated alkanes) is 9.